The molecule has 2 saturated heterocycles. The van der Waals surface area contributed by atoms with E-state index < -0.39 is 0 Å². The number of piperazine rings is 1. The quantitative estimate of drug-likeness (QED) is 0.706. The molecule has 0 spiro atoms. The molecule has 0 unspecified atom stereocenters. The van der Waals surface area contributed by atoms with Crippen molar-refractivity contribution in [1.29, 1.82) is 0 Å². The summed E-state index contributed by atoms with van der Waals surface area (Å²) in [5.41, 5.74) is 2.67. The normalized spacial score (nSPS) is 21.4. The van der Waals surface area contributed by atoms with Gasteiger partial charge in [-0.1, -0.05) is 36.4 Å². The predicted molar refractivity (Wildman–Crippen MR) is 127 cm³/mol. The van der Waals surface area contributed by atoms with E-state index in [-0.39, 0.29) is 6.61 Å². The van der Waals surface area contributed by atoms with Crippen molar-refractivity contribution in [2.24, 2.45) is 0 Å². The van der Waals surface area contributed by atoms with Crippen molar-refractivity contribution in [3.05, 3.63) is 60.2 Å². The minimum atomic E-state index is 0.272. The lowest BCUT2D eigenvalue weighted by Gasteiger charge is -2.47. The van der Waals surface area contributed by atoms with Crippen molar-refractivity contribution < 1.29 is 9.84 Å². The van der Waals surface area contributed by atoms with Crippen LogP contribution in [0.3, 0.4) is 0 Å². The van der Waals surface area contributed by atoms with E-state index in [0.29, 0.717) is 12.1 Å². The second-order valence-corrected chi connectivity index (χ2v) is 8.85. The zero-order chi connectivity index (χ0) is 21.5. The highest BCUT2D eigenvalue weighted by Crippen LogP contribution is 2.27. The maximum atomic E-state index is 9.66. The van der Waals surface area contributed by atoms with Gasteiger partial charge in [0.1, 0.15) is 5.75 Å². The van der Waals surface area contributed by atoms with Crippen LogP contribution in [0, 0.1) is 0 Å². The van der Waals surface area contributed by atoms with Crippen molar-refractivity contribution >= 4 is 5.69 Å². The number of hydrogen-bond donors (Lipinski definition) is 1. The van der Waals surface area contributed by atoms with Crippen molar-refractivity contribution in [2.75, 3.05) is 57.9 Å². The van der Waals surface area contributed by atoms with Crippen molar-refractivity contribution in [2.45, 2.75) is 37.8 Å². The van der Waals surface area contributed by atoms with Crippen LogP contribution >= 0.6 is 0 Å². The summed E-state index contributed by atoms with van der Waals surface area (Å²) in [7, 11) is 1.73. The summed E-state index contributed by atoms with van der Waals surface area (Å²) in [5.74, 6) is 0.929. The molecule has 0 aromatic heterocycles. The summed E-state index contributed by atoms with van der Waals surface area (Å²) in [5, 5.41) is 9.66. The second-order valence-electron chi connectivity index (χ2n) is 8.85. The van der Waals surface area contributed by atoms with Crippen molar-refractivity contribution in [3.63, 3.8) is 0 Å². The van der Waals surface area contributed by atoms with E-state index in [1.165, 1.54) is 24.1 Å². The fraction of sp³-hybridized carbons (Fsp3) is 0.538. The largest absolute Gasteiger partial charge is 0.497 e. The summed E-state index contributed by atoms with van der Waals surface area (Å²) < 4.78 is 5.39. The Morgan fingerprint density at radius 2 is 1.77 bits per heavy atom. The number of anilines is 1. The minimum absolute atomic E-state index is 0.272. The Balaban J connectivity index is 1.29. The molecule has 0 radical (unpaired) electrons. The molecule has 4 rings (SSSR count). The van der Waals surface area contributed by atoms with E-state index in [9.17, 15) is 5.11 Å². The number of rotatable bonds is 8. The van der Waals surface area contributed by atoms with Crippen LogP contribution in [0.5, 0.6) is 5.75 Å². The molecule has 0 amide bonds. The summed E-state index contributed by atoms with van der Waals surface area (Å²) in [4.78, 5) is 7.79. The van der Waals surface area contributed by atoms with E-state index in [1.54, 1.807) is 7.11 Å². The third kappa shape index (κ3) is 5.79. The van der Waals surface area contributed by atoms with Gasteiger partial charge < -0.3 is 14.7 Å². The maximum absolute atomic E-state index is 9.66. The average molecular weight is 424 g/mol. The first kappa shape index (κ1) is 22.1. The molecule has 2 aromatic rings. The number of benzene rings is 2. The van der Waals surface area contributed by atoms with Crippen LogP contribution in [-0.2, 0) is 6.42 Å². The Morgan fingerprint density at radius 3 is 2.52 bits per heavy atom. The number of methoxy groups -OCH3 is 1. The first-order valence-corrected chi connectivity index (χ1v) is 11.8. The van der Waals surface area contributed by atoms with Gasteiger partial charge in [0.2, 0.25) is 0 Å². The van der Waals surface area contributed by atoms with Gasteiger partial charge in [-0.15, -0.1) is 0 Å². The van der Waals surface area contributed by atoms with Crippen molar-refractivity contribution in [3.8, 4) is 5.75 Å². The highest BCUT2D eigenvalue weighted by atomic mass is 16.5. The molecule has 168 valence electrons. The molecule has 0 saturated carbocycles. The smallest absolute Gasteiger partial charge is 0.120 e. The van der Waals surface area contributed by atoms with Crippen LogP contribution in [-0.4, -0.2) is 80.0 Å². The van der Waals surface area contributed by atoms with E-state index in [2.05, 4.69) is 63.2 Å². The lowest BCUT2D eigenvalue weighted by molar-refractivity contribution is 0.0305. The third-order valence-corrected chi connectivity index (χ3v) is 7.03. The van der Waals surface area contributed by atoms with Crippen LogP contribution < -0.4 is 9.64 Å². The molecule has 2 fully saturated rings. The summed E-state index contributed by atoms with van der Waals surface area (Å²) in [6, 6.07) is 20.3. The minimum Gasteiger partial charge on any atom is -0.497 e. The van der Waals surface area contributed by atoms with E-state index in [4.69, 9.17) is 4.74 Å². The van der Waals surface area contributed by atoms with Gasteiger partial charge in [-0.3, -0.25) is 9.80 Å². The standard InChI is InChI=1S/C26H37N3O2/c1-31-26-9-5-8-24(20-26)27-15-11-23(12-16-27)29-18-17-28(25(21-29)13-19-30)14-10-22-6-3-2-4-7-22/h2-9,20,23,25,30H,10-19,21H2,1H3/t25-/m0/s1. The summed E-state index contributed by atoms with van der Waals surface area (Å²) in [6.45, 7) is 6.87. The second kappa shape index (κ2) is 11.0. The number of aliphatic hydroxyl groups excluding tert-OH is 1. The molecule has 31 heavy (non-hydrogen) atoms. The zero-order valence-electron chi connectivity index (χ0n) is 18.8. The molecule has 0 bridgehead atoms. The van der Waals surface area contributed by atoms with Crippen LogP contribution in [0.4, 0.5) is 5.69 Å². The molecule has 0 aliphatic carbocycles. The lowest BCUT2D eigenvalue weighted by Crippen LogP contribution is -2.58. The third-order valence-electron chi connectivity index (χ3n) is 7.03. The van der Waals surface area contributed by atoms with E-state index in [0.717, 1.165) is 57.9 Å². The van der Waals surface area contributed by atoms with Gasteiger partial charge in [0.05, 0.1) is 7.11 Å². The fourth-order valence-electron chi connectivity index (χ4n) is 5.18. The Kier molecular flexibility index (Phi) is 7.84. The molecular formula is C26H37N3O2. The topological polar surface area (TPSA) is 39.2 Å². The average Bonchev–Trinajstić information content (AvgIpc) is 2.84. The van der Waals surface area contributed by atoms with Gasteiger partial charge in [0.15, 0.2) is 0 Å². The molecule has 5 nitrogen and oxygen atoms in total. The molecule has 2 aliphatic rings. The highest BCUT2D eigenvalue weighted by molar-refractivity contribution is 5.51. The Hall–Kier alpha value is -2.08. The van der Waals surface area contributed by atoms with Gasteiger partial charge in [0.25, 0.3) is 0 Å². The Bertz CT molecular complexity index is 792. The fourth-order valence-corrected chi connectivity index (χ4v) is 5.18. The number of aliphatic hydroxyl groups is 1. The van der Waals surface area contributed by atoms with Crippen LogP contribution in [0.25, 0.3) is 0 Å². The van der Waals surface area contributed by atoms with Crippen LogP contribution in [0.2, 0.25) is 0 Å². The number of piperidine rings is 1. The van der Waals surface area contributed by atoms with Gasteiger partial charge in [-0.2, -0.15) is 0 Å². The number of hydrogen-bond acceptors (Lipinski definition) is 5. The zero-order valence-corrected chi connectivity index (χ0v) is 18.8. The van der Waals surface area contributed by atoms with Gasteiger partial charge in [-0.05, 0) is 43.4 Å². The van der Waals surface area contributed by atoms with E-state index >= 15 is 0 Å². The maximum Gasteiger partial charge on any atom is 0.120 e. The first-order valence-electron chi connectivity index (χ1n) is 11.8. The first-order chi connectivity index (χ1) is 15.3. The number of nitrogens with zero attached hydrogens (tertiary/aromatic N) is 3. The van der Waals surface area contributed by atoms with Gasteiger partial charge in [-0.25, -0.2) is 0 Å². The monoisotopic (exact) mass is 423 g/mol. The molecular weight excluding hydrogens is 386 g/mol. The Labute approximate surface area is 187 Å². The highest BCUT2D eigenvalue weighted by Gasteiger charge is 2.32. The number of ether oxygens (including phenoxy) is 1. The predicted octanol–water partition coefficient (Wildman–Crippen LogP) is 3.28. The Morgan fingerprint density at radius 1 is 0.968 bits per heavy atom. The SMILES string of the molecule is COc1cccc(N2CCC(N3CCN(CCc4ccccc4)[C@@H](CCO)C3)CC2)c1. The molecule has 2 aromatic carbocycles. The molecule has 5 heteroatoms. The lowest BCUT2D eigenvalue weighted by atomic mass is 9.99. The van der Waals surface area contributed by atoms with Gasteiger partial charge in [0, 0.05) is 69.7 Å². The van der Waals surface area contributed by atoms with Crippen LogP contribution in [0.15, 0.2) is 54.6 Å². The van der Waals surface area contributed by atoms with Crippen molar-refractivity contribution in [1.82, 2.24) is 9.80 Å². The van der Waals surface area contributed by atoms with Gasteiger partial charge >= 0.3 is 0 Å². The summed E-state index contributed by atoms with van der Waals surface area (Å²) in [6.07, 6.45) is 4.36. The van der Waals surface area contributed by atoms with E-state index in [1.807, 2.05) is 6.07 Å². The molecule has 1 N–H and O–H groups in total. The molecule has 1 atom stereocenters. The summed E-state index contributed by atoms with van der Waals surface area (Å²) >= 11 is 0. The molecule has 2 heterocycles. The van der Waals surface area contributed by atoms with Crippen LogP contribution in [0.1, 0.15) is 24.8 Å². The molecule has 2 aliphatic heterocycles.